The summed E-state index contributed by atoms with van der Waals surface area (Å²) >= 11 is 0. The van der Waals surface area contributed by atoms with Gasteiger partial charge in [-0.25, -0.2) is 0 Å². The molecule has 4 heteroatoms. The Hall–Kier alpha value is -1.81. The lowest BCUT2D eigenvalue weighted by Crippen LogP contribution is -2.26. The first-order valence-electron chi connectivity index (χ1n) is 6.55. The molecule has 0 aliphatic carbocycles. The molecule has 19 heavy (non-hydrogen) atoms. The van der Waals surface area contributed by atoms with Gasteiger partial charge in [-0.2, -0.15) is 0 Å². The van der Waals surface area contributed by atoms with Gasteiger partial charge < -0.3 is 15.0 Å². The highest BCUT2D eigenvalue weighted by Gasteiger charge is 2.14. The Morgan fingerprint density at radius 2 is 2.11 bits per heavy atom. The summed E-state index contributed by atoms with van der Waals surface area (Å²) in [4.78, 5) is 11.9. The molecule has 1 amide bonds. The first-order valence-corrected chi connectivity index (χ1v) is 6.55. The van der Waals surface area contributed by atoms with Gasteiger partial charge in [0.25, 0.3) is 0 Å². The van der Waals surface area contributed by atoms with E-state index in [9.17, 15) is 4.79 Å². The number of aliphatic hydroxyl groups is 1. The Labute approximate surface area is 113 Å². The fourth-order valence-corrected chi connectivity index (χ4v) is 2.35. The molecule has 0 unspecified atom stereocenters. The Morgan fingerprint density at radius 1 is 1.37 bits per heavy atom. The minimum atomic E-state index is 0.00732. The van der Waals surface area contributed by atoms with Gasteiger partial charge in [-0.3, -0.25) is 4.79 Å². The number of aliphatic hydroxyl groups excluding tert-OH is 1. The molecule has 2 rings (SSSR count). The van der Waals surface area contributed by atoms with Crippen molar-refractivity contribution in [2.45, 2.75) is 19.8 Å². The Kier molecular flexibility index (Phi) is 4.22. The third-order valence-electron chi connectivity index (χ3n) is 3.52. The lowest BCUT2D eigenvalue weighted by atomic mass is 10.1. The van der Waals surface area contributed by atoms with Gasteiger partial charge in [0.15, 0.2) is 0 Å². The fourth-order valence-electron chi connectivity index (χ4n) is 2.35. The third kappa shape index (κ3) is 2.79. The number of nitrogens with one attached hydrogen (secondary N) is 1. The summed E-state index contributed by atoms with van der Waals surface area (Å²) < 4.78 is 2.12. The fraction of sp³-hybridized carbons (Fsp3) is 0.400. The topological polar surface area (TPSA) is 54.3 Å². The van der Waals surface area contributed by atoms with E-state index in [1.165, 1.54) is 0 Å². The second-order valence-corrected chi connectivity index (χ2v) is 4.74. The molecule has 0 spiro atoms. The number of rotatable bonds is 5. The normalized spacial score (nSPS) is 10.9. The van der Waals surface area contributed by atoms with Crippen molar-refractivity contribution >= 4 is 16.8 Å². The molecule has 0 aliphatic heterocycles. The van der Waals surface area contributed by atoms with E-state index >= 15 is 0 Å². The molecule has 0 atom stereocenters. The van der Waals surface area contributed by atoms with Gasteiger partial charge in [-0.05, 0) is 25.0 Å². The molecule has 0 aliphatic rings. The number of benzene rings is 1. The molecular formula is C15H20N2O2. The van der Waals surface area contributed by atoms with Gasteiger partial charge >= 0.3 is 0 Å². The summed E-state index contributed by atoms with van der Waals surface area (Å²) in [5.41, 5.74) is 3.36. The SMILES string of the molecule is Cc1c(CC(=O)NCCCO)c2ccccc2n1C. The zero-order valence-corrected chi connectivity index (χ0v) is 11.4. The van der Waals surface area contributed by atoms with E-state index in [1.54, 1.807) is 0 Å². The molecule has 0 radical (unpaired) electrons. The maximum absolute atomic E-state index is 11.9. The second kappa shape index (κ2) is 5.89. The predicted molar refractivity (Wildman–Crippen MR) is 76.1 cm³/mol. The molecule has 1 aromatic heterocycles. The number of carbonyl (C=O) groups is 1. The molecule has 0 bridgehead atoms. The van der Waals surface area contributed by atoms with E-state index in [0.717, 1.165) is 22.2 Å². The smallest absolute Gasteiger partial charge is 0.224 e. The van der Waals surface area contributed by atoms with Crippen molar-refractivity contribution < 1.29 is 9.90 Å². The number of aromatic nitrogens is 1. The average Bonchev–Trinajstić information content (AvgIpc) is 2.65. The molecule has 1 aromatic carbocycles. The number of aryl methyl sites for hydroxylation is 1. The lowest BCUT2D eigenvalue weighted by molar-refractivity contribution is -0.120. The van der Waals surface area contributed by atoms with E-state index in [0.29, 0.717) is 19.4 Å². The quantitative estimate of drug-likeness (QED) is 0.801. The van der Waals surface area contributed by atoms with Crippen LogP contribution in [-0.4, -0.2) is 28.7 Å². The predicted octanol–water partition coefficient (Wildman–Crippen LogP) is 1.53. The highest BCUT2D eigenvalue weighted by molar-refractivity contribution is 5.90. The summed E-state index contributed by atoms with van der Waals surface area (Å²) in [7, 11) is 2.02. The lowest BCUT2D eigenvalue weighted by Gasteiger charge is -2.05. The van der Waals surface area contributed by atoms with Crippen molar-refractivity contribution in [2.24, 2.45) is 7.05 Å². The summed E-state index contributed by atoms with van der Waals surface area (Å²) in [5.74, 6) is 0.00732. The molecule has 4 nitrogen and oxygen atoms in total. The summed E-state index contributed by atoms with van der Waals surface area (Å²) in [6.45, 7) is 2.67. The van der Waals surface area contributed by atoms with Crippen LogP contribution in [0.1, 0.15) is 17.7 Å². The third-order valence-corrected chi connectivity index (χ3v) is 3.52. The first-order chi connectivity index (χ1) is 9.15. The zero-order chi connectivity index (χ0) is 13.8. The second-order valence-electron chi connectivity index (χ2n) is 4.74. The highest BCUT2D eigenvalue weighted by atomic mass is 16.3. The largest absolute Gasteiger partial charge is 0.396 e. The van der Waals surface area contributed by atoms with Crippen LogP contribution in [0.25, 0.3) is 10.9 Å². The molecule has 102 valence electrons. The molecule has 0 saturated carbocycles. The van der Waals surface area contributed by atoms with Gasteiger partial charge in [0.05, 0.1) is 6.42 Å². The number of carbonyl (C=O) groups excluding carboxylic acids is 1. The number of para-hydroxylation sites is 1. The van der Waals surface area contributed by atoms with Crippen LogP contribution in [0.5, 0.6) is 0 Å². The minimum Gasteiger partial charge on any atom is -0.396 e. The Bertz CT molecular complexity index is 587. The number of hydrogen-bond acceptors (Lipinski definition) is 2. The van der Waals surface area contributed by atoms with Crippen molar-refractivity contribution in [2.75, 3.05) is 13.2 Å². The van der Waals surface area contributed by atoms with Crippen LogP contribution >= 0.6 is 0 Å². The molecule has 1 heterocycles. The molecule has 2 N–H and O–H groups in total. The number of amides is 1. The molecular weight excluding hydrogens is 240 g/mol. The van der Waals surface area contributed by atoms with E-state index in [1.807, 2.05) is 26.1 Å². The van der Waals surface area contributed by atoms with Crippen molar-refractivity contribution in [1.82, 2.24) is 9.88 Å². The van der Waals surface area contributed by atoms with Crippen LogP contribution in [-0.2, 0) is 18.3 Å². The van der Waals surface area contributed by atoms with Gasteiger partial charge in [0.2, 0.25) is 5.91 Å². The number of fused-ring (bicyclic) bond motifs is 1. The Morgan fingerprint density at radius 3 is 2.84 bits per heavy atom. The maximum Gasteiger partial charge on any atom is 0.224 e. The first kappa shape index (κ1) is 13.6. The van der Waals surface area contributed by atoms with E-state index in [4.69, 9.17) is 5.11 Å². The van der Waals surface area contributed by atoms with E-state index < -0.39 is 0 Å². The van der Waals surface area contributed by atoms with Crippen LogP contribution in [0.15, 0.2) is 24.3 Å². The summed E-state index contributed by atoms with van der Waals surface area (Å²) in [5, 5.41) is 12.7. The zero-order valence-electron chi connectivity index (χ0n) is 11.4. The van der Waals surface area contributed by atoms with Gasteiger partial charge in [0, 0.05) is 36.8 Å². The average molecular weight is 260 g/mol. The number of nitrogens with zero attached hydrogens (tertiary/aromatic N) is 1. The van der Waals surface area contributed by atoms with E-state index in [2.05, 4.69) is 22.0 Å². The van der Waals surface area contributed by atoms with Crippen molar-refractivity contribution in [3.05, 3.63) is 35.5 Å². The minimum absolute atomic E-state index is 0.00732. The van der Waals surface area contributed by atoms with Gasteiger partial charge in [-0.1, -0.05) is 18.2 Å². The van der Waals surface area contributed by atoms with Gasteiger partial charge in [-0.15, -0.1) is 0 Å². The maximum atomic E-state index is 11.9. The van der Waals surface area contributed by atoms with Crippen molar-refractivity contribution in [3.8, 4) is 0 Å². The highest BCUT2D eigenvalue weighted by Crippen LogP contribution is 2.24. The van der Waals surface area contributed by atoms with Gasteiger partial charge in [0.1, 0.15) is 0 Å². The monoisotopic (exact) mass is 260 g/mol. The van der Waals surface area contributed by atoms with Crippen LogP contribution in [0.3, 0.4) is 0 Å². The summed E-state index contributed by atoms with van der Waals surface area (Å²) in [6.07, 6.45) is 0.985. The number of hydrogen-bond donors (Lipinski definition) is 2. The standard InChI is InChI=1S/C15H20N2O2/c1-11-13(10-15(19)16-8-5-9-18)12-6-3-4-7-14(12)17(11)2/h3-4,6-7,18H,5,8-10H2,1-2H3,(H,16,19). The van der Waals surface area contributed by atoms with Crippen LogP contribution in [0.4, 0.5) is 0 Å². The van der Waals surface area contributed by atoms with Crippen LogP contribution in [0.2, 0.25) is 0 Å². The Balaban J connectivity index is 2.21. The van der Waals surface area contributed by atoms with Crippen LogP contribution in [0, 0.1) is 6.92 Å². The van der Waals surface area contributed by atoms with Crippen molar-refractivity contribution in [1.29, 1.82) is 0 Å². The summed E-state index contributed by atoms with van der Waals surface area (Å²) in [6, 6.07) is 8.12. The molecule has 2 aromatic rings. The molecule has 0 fully saturated rings. The van der Waals surface area contributed by atoms with Crippen molar-refractivity contribution in [3.63, 3.8) is 0 Å². The van der Waals surface area contributed by atoms with E-state index in [-0.39, 0.29) is 12.5 Å². The van der Waals surface area contributed by atoms with Crippen LogP contribution < -0.4 is 5.32 Å². The molecule has 0 saturated heterocycles.